The number of para-hydroxylation sites is 1. The topological polar surface area (TPSA) is 8.17 Å². The van der Waals surface area contributed by atoms with E-state index in [9.17, 15) is 0 Å². The van der Waals surface area contributed by atoms with Crippen LogP contribution < -0.4 is 4.90 Å². The second-order valence-electron chi connectivity index (χ2n) is 14.2. The van der Waals surface area contributed by atoms with Gasteiger partial charge in [-0.05, 0) is 111 Å². The third-order valence-corrected chi connectivity index (χ3v) is 10.7. The van der Waals surface area contributed by atoms with E-state index in [4.69, 9.17) is 0 Å². The number of nitrogens with zero attached hydrogens (tertiary/aromatic N) is 2. The zero-order valence-corrected chi connectivity index (χ0v) is 30.8. The average molecular weight is 715 g/mol. The maximum atomic E-state index is 2.41. The molecule has 0 aliphatic heterocycles. The highest BCUT2D eigenvalue weighted by Gasteiger charge is 2.20. The quantitative estimate of drug-likeness (QED) is 0.152. The lowest BCUT2D eigenvalue weighted by Crippen LogP contribution is -2.10. The molecule has 0 atom stereocenters. The van der Waals surface area contributed by atoms with E-state index in [0.29, 0.717) is 0 Å². The van der Waals surface area contributed by atoms with Gasteiger partial charge in [-0.1, -0.05) is 164 Å². The van der Waals surface area contributed by atoms with Gasteiger partial charge in [-0.3, -0.25) is 0 Å². The second-order valence-corrected chi connectivity index (χ2v) is 14.2. The largest absolute Gasteiger partial charge is 0.310 e. The maximum Gasteiger partial charge on any atom is 0.0547 e. The van der Waals surface area contributed by atoms with Crippen LogP contribution in [-0.4, -0.2) is 4.57 Å². The van der Waals surface area contributed by atoms with Gasteiger partial charge in [0.2, 0.25) is 0 Å². The molecule has 56 heavy (non-hydrogen) atoms. The number of hydrogen-bond donors (Lipinski definition) is 0. The van der Waals surface area contributed by atoms with Gasteiger partial charge in [-0.25, -0.2) is 0 Å². The molecule has 0 bridgehead atoms. The Bertz CT molecular complexity index is 2860. The molecular formula is C54H38N2. The normalized spacial score (nSPS) is 11.2. The number of hydrogen-bond acceptors (Lipinski definition) is 1. The summed E-state index contributed by atoms with van der Waals surface area (Å²) in [5.41, 5.74) is 16.3. The fourth-order valence-corrected chi connectivity index (χ4v) is 8.15. The van der Waals surface area contributed by atoms with E-state index in [2.05, 4.69) is 240 Å². The Morgan fingerprint density at radius 3 is 1.30 bits per heavy atom. The van der Waals surface area contributed by atoms with Crippen molar-refractivity contribution in [3.05, 3.63) is 231 Å². The number of fused-ring (bicyclic) bond motifs is 3. The predicted octanol–water partition coefficient (Wildman–Crippen LogP) is 14.9. The summed E-state index contributed by atoms with van der Waals surface area (Å²) < 4.78 is 2.41. The molecule has 1 heterocycles. The molecule has 0 spiro atoms. The highest BCUT2D eigenvalue weighted by atomic mass is 15.1. The minimum absolute atomic E-state index is 1.09. The molecule has 0 aliphatic rings. The van der Waals surface area contributed by atoms with E-state index in [1.165, 1.54) is 60.8 Å². The highest BCUT2D eigenvalue weighted by molar-refractivity contribution is 6.17. The van der Waals surface area contributed by atoms with Crippen LogP contribution in [0.4, 0.5) is 17.1 Å². The van der Waals surface area contributed by atoms with Crippen LogP contribution in [0.2, 0.25) is 0 Å². The first-order chi connectivity index (χ1) is 27.8. The zero-order chi connectivity index (χ0) is 37.3. The van der Waals surface area contributed by atoms with Gasteiger partial charge in [0.1, 0.15) is 0 Å². The minimum atomic E-state index is 1.09. The van der Waals surface area contributed by atoms with E-state index in [1.807, 2.05) is 0 Å². The van der Waals surface area contributed by atoms with Crippen molar-refractivity contribution >= 4 is 38.9 Å². The maximum absolute atomic E-state index is 2.41. The number of anilines is 3. The fourth-order valence-electron chi connectivity index (χ4n) is 8.15. The Hall–Kier alpha value is -7.42. The van der Waals surface area contributed by atoms with Crippen LogP contribution in [0.3, 0.4) is 0 Å². The summed E-state index contributed by atoms with van der Waals surface area (Å²) in [5, 5.41) is 2.43. The van der Waals surface area contributed by atoms with Crippen molar-refractivity contribution in [2.45, 2.75) is 0 Å². The van der Waals surface area contributed by atoms with Gasteiger partial charge in [0.05, 0.1) is 11.0 Å². The number of rotatable bonds is 8. The summed E-state index contributed by atoms with van der Waals surface area (Å²) in [4.78, 5) is 2.41. The lowest BCUT2D eigenvalue weighted by molar-refractivity contribution is 1.18. The molecular weight excluding hydrogens is 677 g/mol. The summed E-state index contributed by atoms with van der Waals surface area (Å²) in [6.45, 7) is 0. The van der Waals surface area contributed by atoms with Crippen molar-refractivity contribution in [3.8, 4) is 50.2 Å². The molecule has 2 heteroatoms. The third-order valence-electron chi connectivity index (χ3n) is 10.7. The molecule has 10 aromatic rings. The Kier molecular flexibility index (Phi) is 8.55. The van der Waals surface area contributed by atoms with Crippen molar-refractivity contribution in [2.75, 3.05) is 4.90 Å². The van der Waals surface area contributed by atoms with E-state index in [-0.39, 0.29) is 0 Å². The van der Waals surface area contributed by atoms with Crippen LogP contribution in [0.25, 0.3) is 72.0 Å². The molecule has 2 nitrogen and oxygen atoms in total. The van der Waals surface area contributed by atoms with Crippen molar-refractivity contribution in [3.63, 3.8) is 0 Å². The van der Waals surface area contributed by atoms with Gasteiger partial charge < -0.3 is 9.47 Å². The third kappa shape index (κ3) is 6.14. The van der Waals surface area contributed by atoms with Gasteiger partial charge in [-0.15, -0.1) is 0 Å². The zero-order valence-electron chi connectivity index (χ0n) is 30.8. The summed E-state index contributed by atoms with van der Waals surface area (Å²) in [5.74, 6) is 0. The lowest BCUT2D eigenvalue weighted by Gasteiger charge is -2.27. The highest BCUT2D eigenvalue weighted by Crippen LogP contribution is 2.44. The smallest absolute Gasteiger partial charge is 0.0547 e. The Morgan fingerprint density at radius 1 is 0.286 bits per heavy atom. The molecule has 0 amide bonds. The van der Waals surface area contributed by atoms with E-state index in [0.717, 1.165) is 28.3 Å². The van der Waals surface area contributed by atoms with Crippen molar-refractivity contribution in [1.82, 2.24) is 4.57 Å². The summed E-state index contributed by atoms with van der Waals surface area (Å²) in [6.07, 6.45) is 0. The monoisotopic (exact) mass is 714 g/mol. The molecule has 1 aromatic heterocycles. The Balaban J connectivity index is 1.22. The van der Waals surface area contributed by atoms with Crippen LogP contribution >= 0.6 is 0 Å². The first-order valence-corrected chi connectivity index (χ1v) is 19.2. The van der Waals surface area contributed by atoms with E-state index < -0.39 is 0 Å². The first-order valence-electron chi connectivity index (χ1n) is 19.2. The molecule has 0 fully saturated rings. The first kappa shape index (κ1) is 33.2. The second kappa shape index (κ2) is 14.4. The number of benzene rings is 9. The summed E-state index contributed by atoms with van der Waals surface area (Å²) >= 11 is 0. The van der Waals surface area contributed by atoms with Crippen molar-refractivity contribution in [1.29, 1.82) is 0 Å². The SMILES string of the molecule is c1ccc(-c2cccc(-c3cccc4c3c3cc(N(c5cccc(-c6ccccc6)c5)c5cccc(-c6ccccc6)c5)ccc3n4-c3ccccc3)c2)cc1. The van der Waals surface area contributed by atoms with Crippen LogP contribution in [-0.2, 0) is 0 Å². The standard InChI is InChI=1S/C54H38N2/c1-5-17-39(18-6-1)42-23-13-26-45(35-42)50-31-16-32-53-54(50)51-38-49(33-34-52(51)56(53)46-27-11-4-12-28-46)55(47-29-14-24-43(36-47)40-19-7-2-8-20-40)48-30-15-25-44(37-48)41-21-9-3-10-22-41/h1-38H. The molecule has 0 saturated heterocycles. The fraction of sp³-hybridized carbons (Fsp3) is 0. The molecule has 0 unspecified atom stereocenters. The molecule has 0 radical (unpaired) electrons. The van der Waals surface area contributed by atoms with E-state index in [1.54, 1.807) is 0 Å². The van der Waals surface area contributed by atoms with Crippen LogP contribution in [0.15, 0.2) is 231 Å². The lowest BCUT2D eigenvalue weighted by atomic mass is 9.95. The Labute approximate surface area is 327 Å². The Morgan fingerprint density at radius 2 is 0.732 bits per heavy atom. The number of aromatic nitrogens is 1. The molecule has 264 valence electrons. The average Bonchev–Trinajstić information content (AvgIpc) is 3.62. The van der Waals surface area contributed by atoms with Crippen molar-refractivity contribution in [2.24, 2.45) is 0 Å². The van der Waals surface area contributed by atoms with Gasteiger partial charge in [0, 0.05) is 33.5 Å². The van der Waals surface area contributed by atoms with Crippen molar-refractivity contribution < 1.29 is 0 Å². The summed E-state index contributed by atoms with van der Waals surface area (Å²) in [7, 11) is 0. The predicted molar refractivity (Wildman–Crippen MR) is 237 cm³/mol. The van der Waals surface area contributed by atoms with Gasteiger partial charge in [-0.2, -0.15) is 0 Å². The van der Waals surface area contributed by atoms with E-state index >= 15 is 0 Å². The summed E-state index contributed by atoms with van der Waals surface area (Å²) in [6, 6.07) is 83.1. The van der Waals surface area contributed by atoms with Gasteiger partial charge >= 0.3 is 0 Å². The van der Waals surface area contributed by atoms with Crippen LogP contribution in [0.5, 0.6) is 0 Å². The minimum Gasteiger partial charge on any atom is -0.310 e. The molecule has 10 rings (SSSR count). The molecule has 0 aliphatic carbocycles. The molecule has 9 aromatic carbocycles. The molecule has 0 saturated carbocycles. The van der Waals surface area contributed by atoms with Gasteiger partial charge in [0.25, 0.3) is 0 Å². The van der Waals surface area contributed by atoms with Crippen LogP contribution in [0, 0.1) is 0 Å². The van der Waals surface area contributed by atoms with Crippen LogP contribution in [0.1, 0.15) is 0 Å². The molecule has 0 N–H and O–H groups in total. The van der Waals surface area contributed by atoms with Gasteiger partial charge in [0.15, 0.2) is 0 Å².